The van der Waals surface area contributed by atoms with Crippen LogP contribution in [0.25, 0.3) is 0 Å². The SMILES string of the molecule is Cc1cc(C2CCC2)nc(N2CCC3(CC2)CNC(=O)O3)n1. The molecule has 1 aromatic rings. The van der Waals surface area contributed by atoms with Crippen LogP contribution < -0.4 is 10.2 Å². The molecular weight excluding hydrogens is 280 g/mol. The van der Waals surface area contributed by atoms with Crippen LogP contribution in [-0.4, -0.2) is 41.3 Å². The first-order valence-electron chi connectivity index (χ1n) is 8.21. The fraction of sp³-hybridized carbons (Fsp3) is 0.688. The number of rotatable bonds is 2. The van der Waals surface area contributed by atoms with Crippen molar-refractivity contribution < 1.29 is 9.53 Å². The standard InChI is InChI=1S/C16H22N4O2/c1-11-9-13(12-3-2-4-12)19-14(18-11)20-7-5-16(6-8-20)10-17-15(21)22-16/h9,12H,2-8,10H2,1H3,(H,17,21). The van der Waals surface area contributed by atoms with Crippen molar-refractivity contribution in [3.63, 3.8) is 0 Å². The summed E-state index contributed by atoms with van der Waals surface area (Å²) in [6.07, 6.45) is 5.20. The summed E-state index contributed by atoms with van der Waals surface area (Å²) in [6.45, 7) is 4.34. The lowest BCUT2D eigenvalue weighted by molar-refractivity contribution is 0.0364. The molecule has 1 aromatic heterocycles. The monoisotopic (exact) mass is 302 g/mol. The van der Waals surface area contributed by atoms with Crippen molar-refractivity contribution in [2.24, 2.45) is 0 Å². The Morgan fingerprint density at radius 1 is 1.32 bits per heavy atom. The van der Waals surface area contributed by atoms with Crippen molar-refractivity contribution in [1.29, 1.82) is 0 Å². The maximum Gasteiger partial charge on any atom is 0.407 e. The molecule has 2 saturated heterocycles. The second kappa shape index (κ2) is 5.11. The largest absolute Gasteiger partial charge is 0.441 e. The van der Waals surface area contributed by atoms with Crippen molar-refractivity contribution in [3.8, 4) is 0 Å². The molecule has 4 rings (SSSR count). The van der Waals surface area contributed by atoms with Gasteiger partial charge in [-0.2, -0.15) is 0 Å². The third-order valence-corrected chi connectivity index (χ3v) is 5.21. The highest BCUT2D eigenvalue weighted by molar-refractivity contribution is 5.70. The Balaban J connectivity index is 1.49. The molecule has 22 heavy (non-hydrogen) atoms. The molecule has 2 aliphatic heterocycles. The Kier molecular flexibility index (Phi) is 3.20. The lowest BCUT2D eigenvalue weighted by Crippen LogP contribution is -2.47. The van der Waals surface area contributed by atoms with E-state index in [-0.39, 0.29) is 11.7 Å². The van der Waals surface area contributed by atoms with Crippen molar-refractivity contribution in [2.75, 3.05) is 24.5 Å². The van der Waals surface area contributed by atoms with Crippen LogP contribution in [0.1, 0.15) is 49.4 Å². The third kappa shape index (κ3) is 2.40. The highest BCUT2D eigenvalue weighted by Gasteiger charge is 2.43. The molecule has 3 heterocycles. The van der Waals surface area contributed by atoms with E-state index in [1.807, 2.05) is 6.92 Å². The molecule has 3 fully saturated rings. The Morgan fingerprint density at radius 2 is 2.09 bits per heavy atom. The topological polar surface area (TPSA) is 67.4 Å². The Morgan fingerprint density at radius 3 is 2.68 bits per heavy atom. The van der Waals surface area contributed by atoms with E-state index >= 15 is 0 Å². The summed E-state index contributed by atoms with van der Waals surface area (Å²) in [5.41, 5.74) is 1.93. The van der Waals surface area contributed by atoms with Gasteiger partial charge in [0.1, 0.15) is 5.60 Å². The quantitative estimate of drug-likeness (QED) is 0.906. The number of aromatic nitrogens is 2. The van der Waals surface area contributed by atoms with Crippen LogP contribution in [0.5, 0.6) is 0 Å². The lowest BCUT2D eigenvalue weighted by atomic mass is 9.82. The smallest absolute Gasteiger partial charge is 0.407 e. The second-order valence-electron chi connectivity index (χ2n) is 6.78. The molecule has 118 valence electrons. The van der Waals surface area contributed by atoms with Crippen molar-refractivity contribution in [1.82, 2.24) is 15.3 Å². The number of hydrogen-bond donors (Lipinski definition) is 1. The van der Waals surface area contributed by atoms with E-state index in [0.717, 1.165) is 37.6 Å². The number of alkyl carbamates (subject to hydrolysis) is 1. The normalized spacial score (nSPS) is 24.0. The van der Waals surface area contributed by atoms with E-state index in [1.165, 1.54) is 25.0 Å². The van der Waals surface area contributed by atoms with Crippen molar-refractivity contribution in [3.05, 3.63) is 17.5 Å². The number of nitrogens with zero attached hydrogens (tertiary/aromatic N) is 3. The van der Waals surface area contributed by atoms with Gasteiger partial charge in [0, 0.05) is 43.2 Å². The maximum absolute atomic E-state index is 11.3. The van der Waals surface area contributed by atoms with Gasteiger partial charge in [-0.3, -0.25) is 0 Å². The number of carbonyl (C=O) groups is 1. The molecule has 0 aromatic carbocycles. The maximum atomic E-state index is 11.3. The van der Waals surface area contributed by atoms with Gasteiger partial charge in [-0.1, -0.05) is 6.42 Å². The summed E-state index contributed by atoms with van der Waals surface area (Å²) in [6, 6.07) is 2.13. The fourth-order valence-corrected chi connectivity index (χ4v) is 3.53. The molecule has 1 saturated carbocycles. The van der Waals surface area contributed by atoms with Crippen molar-refractivity contribution in [2.45, 2.75) is 50.5 Å². The highest BCUT2D eigenvalue weighted by atomic mass is 16.6. The molecule has 6 heteroatoms. The molecule has 1 aliphatic carbocycles. The Bertz CT molecular complexity index is 592. The number of anilines is 1. The highest BCUT2D eigenvalue weighted by Crippen LogP contribution is 2.36. The van der Waals surface area contributed by atoms with E-state index in [9.17, 15) is 4.79 Å². The first kappa shape index (κ1) is 13.8. The molecule has 3 aliphatic rings. The van der Waals surface area contributed by atoms with E-state index in [1.54, 1.807) is 0 Å². The van der Waals surface area contributed by atoms with Gasteiger partial charge in [0.15, 0.2) is 0 Å². The van der Waals surface area contributed by atoms with Gasteiger partial charge in [-0.25, -0.2) is 14.8 Å². The van der Waals surface area contributed by atoms with E-state index in [0.29, 0.717) is 12.5 Å². The molecule has 1 spiro atoms. The molecule has 6 nitrogen and oxygen atoms in total. The number of ether oxygens (including phenoxy) is 1. The van der Waals surface area contributed by atoms with Crippen LogP contribution in [0.4, 0.5) is 10.7 Å². The lowest BCUT2D eigenvalue weighted by Gasteiger charge is -2.37. The fourth-order valence-electron chi connectivity index (χ4n) is 3.53. The zero-order chi connectivity index (χ0) is 15.2. The molecule has 0 atom stereocenters. The van der Waals surface area contributed by atoms with E-state index in [4.69, 9.17) is 9.72 Å². The molecule has 1 amide bonds. The molecule has 0 radical (unpaired) electrons. The van der Waals surface area contributed by atoms with Crippen LogP contribution in [0.15, 0.2) is 6.07 Å². The van der Waals surface area contributed by atoms with Crippen LogP contribution in [0.3, 0.4) is 0 Å². The van der Waals surface area contributed by atoms with Crippen LogP contribution in [0, 0.1) is 6.92 Å². The third-order valence-electron chi connectivity index (χ3n) is 5.21. The van der Waals surface area contributed by atoms with Gasteiger partial charge >= 0.3 is 6.09 Å². The number of hydrogen-bond acceptors (Lipinski definition) is 5. The number of amides is 1. The minimum atomic E-state index is -0.311. The minimum Gasteiger partial charge on any atom is -0.441 e. The predicted octanol–water partition coefficient (Wildman–Crippen LogP) is 2.13. The first-order valence-corrected chi connectivity index (χ1v) is 8.21. The van der Waals surface area contributed by atoms with Gasteiger partial charge in [-0.15, -0.1) is 0 Å². The predicted molar refractivity (Wildman–Crippen MR) is 82.0 cm³/mol. The van der Waals surface area contributed by atoms with Crippen LogP contribution in [0.2, 0.25) is 0 Å². The second-order valence-corrected chi connectivity index (χ2v) is 6.78. The molecule has 0 bridgehead atoms. The Labute approximate surface area is 130 Å². The summed E-state index contributed by atoms with van der Waals surface area (Å²) in [4.78, 5) is 22.9. The number of nitrogens with one attached hydrogen (secondary N) is 1. The minimum absolute atomic E-state index is 0.285. The Hall–Kier alpha value is -1.85. The van der Waals surface area contributed by atoms with Crippen molar-refractivity contribution >= 4 is 12.0 Å². The molecule has 0 unspecified atom stereocenters. The zero-order valence-electron chi connectivity index (χ0n) is 13.0. The van der Waals surface area contributed by atoms with Crippen LogP contribution >= 0.6 is 0 Å². The summed E-state index contributed by atoms with van der Waals surface area (Å²) >= 11 is 0. The first-order chi connectivity index (χ1) is 10.6. The number of carbonyl (C=O) groups excluding carboxylic acids is 1. The number of aryl methyl sites for hydroxylation is 1. The van der Waals surface area contributed by atoms with Gasteiger partial charge in [-0.05, 0) is 25.8 Å². The van der Waals surface area contributed by atoms with E-state index in [2.05, 4.69) is 21.3 Å². The molecular formula is C16H22N4O2. The van der Waals surface area contributed by atoms with Gasteiger partial charge in [0.2, 0.25) is 5.95 Å². The van der Waals surface area contributed by atoms with Gasteiger partial charge in [0.05, 0.1) is 6.54 Å². The van der Waals surface area contributed by atoms with Gasteiger partial charge in [0.25, 0.3) is 0 Å². The molecule has 1 N–H and O–H groups in total. The summed E-state index contributed by atoms with van der Waals surface area (Å²) in [5, 5.41) is 2.77. The zero-order valence-corrected chi connectivity index (χ0v) is 13.0. The number of piperidine rings is 1. The average molecular weight is 302 g/mol. The summed E-state index contributed by atoms with van der Waals surface area (Å²) in [5.74, 6) is 1.46. The summed E-state index contributed by atoms with van der Waals surface area (Å²) in [7, 11) is 0. The van der Waals surface area contributed by atoms with E-state index < -0.39 is 0 Å². The van der Waals surface area contributed by atoms with Crippen LogP contribution in [-0.2, 0) is 4.74 Å². The summed E-state index contributed by atoms with van der Waals surface area (Å²) < 4.78 is 5.47. The average Bonchev–Trinajstić information content (AvgIpc) is 2.78. The van der Waals surface area contributed by atoms with Gasteiger partial charge < -0.3 is 15.0 Å².